The van der Waals surface area contributed by atoms with E-state index < -0.39 is 23.8 Å². The van der Waals surface area contributed by atoms with E-state index in [1.165, 1.54) is 4.90 Å². The van der Waals surface area contributed by atoms with E-state index in [-0.39, 0.29) is 24.8 Å². The highest BCUT2D eigenvalue weighted by molar-refractivity contribution is 5.92. The zero-order chi connectivity index (χ0) is 29.0. The van der Waals surface area contributed by atoms with Gasteiger partial charge < -0.3 is 20.3 Å². The quantitative estimate of drug-likeness (QED) is 0.251. The molecule has 2 unspecified atom stereocenters. The summed E-state index contributed by atoms with van der Waals surface area (Å²) in [4.78, 5) is 42.3. The first-order valence-electron chi connectivity index (χ1n) is 13.8. The second-order valence-electron chi connectivity index (χ2n) is 10.9. The van der Waals surface area contributed by atoms with Crippen molar-refractivity contribution in [2.24, 2.45) is 0 Å². The van der Waals surface area contributed by atoms with E-state index in [0.717, 1.165) is 41.5 Å². The van der Waals surface area contributed by atoms with Crippen LogP contribution in [0, 0.1) is 13.8 Å². The van der Waals surface area contributed by atoms with Crippen molar-refractivity contribution < 1.29 is 19.1 Å². The molecule has 0 saturated carbocycles. The maximum absolute atomic E-state index is 14.3. The highest BCUT2D eigenvalue weighted by atomic mass is 16.6. The third-order valence-electron chi connectivity index (χ3n) is 6.25. The van der Waals surface area contributed by atoms with Gasteiger partial charge >= 0.3 is 6.09 Å². The highest BCUT2D eigenvalue weighted by Gasteiger charge is 2.36. The molecule has 0 fully saturated rings. The molecule has 3 amide bonds. The van der Waals surface area contributed by atoms with Gasteiger partial charge in [-0.1, -0.05) is 79.9 Å². The summed E-state index contributed by atoms with van der Waals surface area (Å²) in [6, 6.07) is 13.5. The normalized spacial score (nSPS) is 12.7. The minimum Gasteiger partial charge on any atom is -0.444 e. The second-order valence-corrected chi connectivity index (χ2v) is 10.9. The van der Waals surface area contributed by atoms with Gasteiger partial charge in [-0.3, -0.25) is 9.59 Å². The molecule has 0 heterocycles. The number of unbranched alkanes of at least 4 members (excludes halogenated alkanes) is 2. The van der Waals surface area contributed by atoms with Gasteiger partial charge in [-0.25, -0.2) is 4.79 Å². The number of rotatable bonds is 13. The molecule has 0 aliphatic carbocycles. The average molecular weight is 536 g/mol. The van der Waals surface area contributed by atoms with Crippen molar-refractivity contribution in [1.29, 1.82) is 0 Å². The molecule has 2 N–H and O–H groups in total. The van der Waals surface area contributed by atoms with E-state index in [1.54, 1.807) is 26.8 Å². The van der Waals surface area contributed by atoms with E-state index in [4.69, 9.17) is 4.74 Å². The zero-order valence-electron chi connectivity index (χ0n) is 24.4. The van der Waals surface area contributed by atoms with Crippen LogP contribution in [0.3, 0.4) is 0 Å². The van der Waals surface area contributed by atoms with Gasteiger partial charge in [-0.15, -0.1) is 6.58 Å². The number of carbonyl (C=O) groups excluding carboxylic acids is 3. The number of carbonyl (C=O) groups is 3. The fraction of sp³-hybridized carbons (Fsp3) is 0.469. The summed E-state index contributed by atoms with van der Waals surface area (Å²) >= 11 is 0. The monoisotopic (exact) mass is 535 g/mol. The van der Waals surface area contributed by atoms with Gasteiger partial charge in [0.25, 0.3) is 0 Å². The molecule has 0 spiro atoms. The summed E-state index contributed by atoms with van der Waals surface area (Å²) in [5.74, 6) is -0.648. The summed E-state index contributed by atoms with van der Waals surface area (Å²) in [5, 5.41) is 5.81. The minimum absolute atomic E-state index is 0.126. The van der Waals surface area contributed by atoms with Crippen molar-refractivity contribution >= 4 is 17.9 Å². The molecule has 2 atom stereocenters. The molecular weight excluding hydrogens is 490 g/mol. The van der Waals surface area contributed by atoms with E-state index in [0.29, 0.717) is 6.54 Å². The minimum atomic E-state index is -0.956. The maximum atomic E-state index is 14.3. The van der Waals surface area contributed by atoms with Crippen molar-refractivity contribution in [2.75, 3.05) is 13.1 Å². The van der Waals surface area contributed by atoms with Gasteiger partial charge in [0.1, 0.15) is 17.7 Å². The Morgan fingerprint density at radius 3 is 2.36 bits per heavy atom. The van der Waals surface area contributed by atoms with E-state index in [9.17, 15) is 14.4 Å². The molecule has 0 aromatic heterocycles. The van der Waals surface area contributed by atoms with Crippen molar-refractivity contribution in [2.45, 2.75) is 84.9 Å². The van der Waals surface area contributed by atoms with Crippen LogP contribution in [0.15, 0.2) is 61.2 Å². The van der Waals surface area contributed by atoms with Crippen LogP contribution in [0.25, 0.3) is 0 Å². The molecular formula is C32H45N3O4. The summed E-state index contributed by atoms with van der Waals surface area (Å²) in [5.41, 5.74) is 2.77. The van der Waals surface area contributed by atoms with Crippen molar-refractivity contribution in [3.63, 3.8) is 0 Å². The molecule has 2 aromatic rings. The number of ether oxygens (including phenoxy) is 1. The predicted molar refractivity (Wildman–Crippen MR) is 156 cm³/mol. The predicted octanol–water partition coefficient (Wildman–Crippen LogP) is 5.80. The van der Waals surface area contributed by atoms with Crippen LogP contribution in [0.2, 0.25) is 0 Å². The fourth-order valence-corrected chi connectivity index (χ4v) is 4.35. The lowest BCUT2D eigenvalue weighted by atomic mass is 9.95. The Morgan fingerprint density at radius 1 is 1.05 bits per heavy atom. The molecule has 2 rings (SSSR count). The first kappa shape index (κ1) is 31.6. The summed E-state index contributed by atoms with van der Waals surface area (Å²) < 4.78 is 5.48. The lowest BCUT2D eigenvalue weighted by Crippen LogP contribution is -2.54. The Hall–Kier alpha value is -3.61. The van der Waals surface area contributed by atoms with Crippen LogP contribution in [-0.2, 0) is 20.7 Å². The van der Waals surface area contributed by atoms with Crippen molar-refractivity contribution in [3.8, 4) is 0 Å². The summed E-state index contributed by atoms with van der Waals surface area (Å²) in [7, 11) is 0. The van der Waals surface area contributed by atoms with Gasteiger partial charge in [0, 0.05) is 19.5 Å². The Bertz CT molecular complexity index is 1110. The fourth-order valence-electron chi connectivity index (χ4n) is 4.35. The van der Waals surface area contributed by atoms with E-state index in [1.807, 2.05) is 62.4 Å². The molecule has 2 aromatic carbocycles. The Morgan fingerprint density at radius 2 is 1.74 bits per heavy atom. The first-order chi connectivity index (χ1) is 18.5. The number of hydrogen-bond acceptors (Lipinski definition) is 4. The maximum Gasteiger partial charge on any atom is 0.408 e. The molecule has 0 saturated heterocycles. The molecule has 0 aliphatic rings. The smallest absolute Gasteiger partial charge is 0.408 e. The van der Waals surface area contributed by atoms with E-state index in [2.05, 4.69) is 24.1 Å². The van der Waals surface area contributed by atoms with Crippen LogP contribution in [0.1, 0.15) is 75.3 Å². The largest absolute Gasteiger partial charge is 0.444 e. The number of benzene rings is 2. The number of nitrogens with zero attached hydrogens (tertiary/aromatic N) is 1. The average Bonchev–Trinajstić information content (AvgIpc) is 2.87. The lowest BCUT2D eigenvalue weighted by Gasteiger charge is -2.34. The number of hydrogen-bond donors (Lipinski definition) is 2. The number of nitrogens with one attached hydrogen (secondary N) is 2. The molecule has 7 nitrogen and oxygen atoms in total. The van der Waals surface area contributed by atoms with Crippen molar-refractivity contribution in [3.05, 3.63) is 83.4 Å². The third-order valence-corrected chi connectivity index (χ3v) is 6.25. The SMILES string of the molecule is C=CCN(C(=O)C(Cc1ccccc1)NC(=O)OC(C)(C)C)C(C(=O)NCCCCC)c1cc(C)ccc1C. The highest BCUT2D eigenvalue weighted by Crippen LogP contribution is 2.27. The van der Waals surface area contributed by atoms with Crippen LogP contribution < -0.4 is 10.6 Å². The molecule has 7 heteroatoms. The lowest BCUT2D eigenvalue weighted by molar-refractivity contribution is -0.141. The molecule has 0 radical (unpaired) electrons. The van der Waals surface area contributed by atoms with Crippen LogP contribution in [-0.4, -0.2) is 47.5 Å². The third kappa shape index (κ3) is 10.2. The second kappa shape index (κ2) is 15.1. The van der Waals surface area contributed by atoms with Gasteiger partial charge in [0.15, 0.2) is 0 Å². The summed E-state index contributed by atoms with van der Waals surface area (Å²) in [6.07, 6.45) is 4.05. The Labute approximate surface area is 234 Å². The molecule has 39 heavy (non-hydrogen) atoms. The van der Waals surface area contributed by atoms with Crippen LogP contribution >= 0.6 is 0 Å². The van der Waals surface area contributed by atoms with Gasteiger partial charge in [-0.05, 0) is 57.7 Å². The first-order valence-corrected chi connectivity index (χ1v) is 13.8. The Balaban J connectivity index is 2.52. The van der Waals surface area contributed by atoms with E-state index >= 15 is 0 Å². The Kier molecular flexibility index (Phi) is 12.2. The van der Waals surface area contributed by atoms with Gasteiger partial charge in [0.2, 0.25) is 11.8 Å². The number of aryl methyl sites for hydroxylation is 2. The van der Waals surface area contributed by atoms with Crippen LogP contribution in [0.4, 0.5) is 4.79 Å². The van der Waals surface area contributed by atoms with Gasteiger partial charge in [-0.2, -0.15) is 0 Å². The number of amides is 3. The zero-order valence-corrected chi connectivity index (χ0v) is 24.4. The molecule has 0 aliphatic heterocycles. The van der Waals surface area contributed by atoms with Gasteiger partial charge in [0.05, 0.1) is 0 Å². The summed E-state index contributed by atoms with van der Waals surface area (Å²) in [6.45, 7) is 15.8. The number of alkyl carbamates (subject to hydrolysis) is 1. The molecule has 212 valence electrons. The van der Waals surface area contributed by atoms with Crippen molar-refractivity contribution in [1.82, 2.24) is 15.5 Å². The van der Waals surface area contributed by atoms with Crippen LogP contribution in [0.5, 0.6) is 0 Å². The topological polar surface area (TPSA) is 87.7 Å². The molecule has 0 bridgehead atoms. The standard InChI is InChI=1S/C32H45N3O4/c1-8-10-14-19-33-29(36)28(26-21-23(3)17-18-24(26)4)35(20-9-2)30(37)27(22-25-15-12-11-13-16-25)34-31(38)39-32(5,6)7/h9,11-13,15-18,21,27-28H,2,8,10,14,19-20,22H2,1,3-7H3,(H,33,36)(H,34,38).